The number of phenolic OH excluding ortho intramolecular Hbond substituents is 1. The molecule has 0 heterocycles. The number of anilines is 1. The number of rotatable bonds is 6. The molecule has 1 aromatic carbocycles. The average Bonchev–Trinajstić information content (AvgIpc) is 2.59. The first kappa shape index (κ1) is 21.3. The number of aromatic hydroxyl groups is 1. The maximum Gasteiger partial charge on any atom is 0.253 e. The van der Waals surface area contributed by atoms with E-state index in [1.165, 1.54) is 6.07 Å². The Balaban J connectivity index is 2.10. The van der Waals surface area contributed by atoms with Crippen molar-refractivity contribution in [3.63, 3.8) is 0 Å². The number of carbonyl (C=O) groups is 1. The zero-order valence-electron chi connectivity index (χ0n) is 15.9. The lowest BCUT2D eigenvalue weighted by Crippen LogP contribution is -2.38. The molecule has 0 bridgehead atoms. The smallest absolute Gasteiger partial charge is 0.253 e. The maximum absolute atomic E-state index is 12.7. The van der Waals surface area contributed by atoms with Crippen molar-refractivity contribution in [1.82, 2.24) is 0 Å². The van der Waals surface area contributed by atoms with Gasteiger partial charge in [-0.15, -0.1) is 0 Å². The molecule has 4 unspecified atom stereocenters. The van der Waals surface area contributed by atoms with Gasteiger partial charge in [-0.2, -0.15) is 0 Å². The van der Waals surface area contributed by atoms with Crippen molar-refractivity contribution in [2.75, 3.05) is 5.32 Å². The molecule has 1 aromatic rings. The molecule has 4 atom stereocenters. The Morgan fingerprint density at radius 2 is 2.04 bits per heavy atom. The zero-order valence-corrected chi connectivity index (χ0v) is 17.5. The number of halogens is 2. The fourth-order valence-electron chi connectivity index (χ4n) is 3.67. The van der Waals surface area contributed by atoms with Gasteiger partial charge in [0.2, 0.25) is 0 Å². The molecule has 4 nitrogen and oxygen atoms in total. The Hall–Kier alpha value is -0.970. The molecule has 2 N–H and O–H groups in total. The van der Waals surface area contributed by atoms with Crippen molar-refractivity contribution < 1.29 is 14.6 Å². The number of hydrogen-bond acceptors (Lipinski definition) is 3. The summed E-state index contributed by atoms with van der Waals surface area (Å²) < 4.78 is 6.12. The highest BCUT2D eigenvalue weighted by Gasteiger charge is 2.30. The molecular formula is C20H29Cl2NO3. The predicted molar refractivity (Wildman–Crippen MR) is 107 cm³/mol. The number of carbonyl (C=O) groups excluding carboxylic acids is 1. The number of benzene rings is 1. The van der Waals surface area contributed by atoms with Crippen LogP contribution in [0.15, 0.2) is 6.07 Å². The Morgan fingerprint density at radius 1 is 1.35 bits per heavy atom. The van der Waals surface area contributed by atoms with Crippen LogP contribution in [0.25, 0.3) is 0 Å². The van der Waals surface area contributed by atoms with E-state index in [0.29, 0.717) is 35.3 Å². The van der Waals surface area contributed by atoms with E-state index in [1.54, 1.807) is 0 Å². The van der Waals surface area contributed by atoms with Crippen molar-refractivity contribution >= 4 is 34.8 Å². The molecule has 1 aliphatic carbocycles. The van der Waals surface area contributed by atoms with Gasteiger partial charge < -0.3 is 15.2 Å². The van der Waals surface area contributed by atoms with Gasteiger partial charge in [0.25, 0.3) is 5.91 Å². The van der Waals surface area contributed by atoms with Crippen LogP contribution in [0.3, 0.4) is 0 Å². The van der Waals surface area contributed by atoms with Crippen molar-refractivity contribution in [3.05, 3.63) is 21.7 Å². The highest BCUT2D eigenvalue weighted by molar-refractivity contribution is 6.37. The minimum Gasteiger partial charge on any atom is -0.504 e. The van der Waals surface area contributed by atoms with Crippen LogP contribution >= 0.6 is 23.2 Å². The molecule has 146 valence electrons. The Bertz CT molecular complexity index is 650. The van der Waals surface area contributed by atoms with Crippen LogP contribution in [0.2, 0.25) is 10.0 Å². The van der Waals surface area contributed by atoms with Crippen molar-refractivity contribution in [2.24, 2.45) is 11.8 Å². The number of phenols is 1. The van der Waals surface area contributed by atoms with Crippen molar-refractivity contribution in [2.45, 2.75) is 72.0 Å². The summed E-state index contributed by atoms with van der Waals surface area (Å²) in [5.41, 5.74) is 0.881. The highest BCUT2D eigenvalue weighted by atomic mass is 35.5. The standard InChI is InChI=1S/C20H29Cl2NO3/c1-5-13-14(21)10-15(19(24)18(13)22)23-20(25)16(6-2)26-17-8-7-11(3)9-12(17)4/h10-12,16-17,24H,5-9H2,1-4H3,(H,23,25). The second-order valence-electron chi connectivity index (χ2n) is 7.36. The Kier molecular flexibility index (Phi) is 7.63. The van der Waals surface area contributed by atoms with Gasteiger partial charge in [-0.3, -0.25) is 4.79 Å². The van der Waals surface area contributed by atoms with Crippen LogP contribution < -0.4 is 5.32 Å². The molecule has 1 aliphatic rings. The largest absolute Gasteiger partial charge is 0.504 e. The molecule has 0 spiro atoms. The van der Waals surface area contributed by atoms with Crippen LogP contribution in [0.5, 0.6) is 5.75 Å². The molecule has 1 saturated carbocycles. The van der Waals surface area contributed by atoms with Gasteiger partial charge in [0.15, 0.2) is 5.75 Å². The van der Waals surface area contributed by atoms with E-state index in [-0.39, 0.29) is 28.5 Å². The Labute approximate surface area is 166 Å². The molecule has 0 radical (unpaired) electrons. The molecule has 0 aliphatic heterocycles. The van der Waals surface area contributed by atoms with E-state index in [0.717, 1.165) is 19.3 Å². The normalized spacial score (nSPS) is 24.3. The van der Waals surface area contributed by atoms with Crippen molar-refractivity contribution in [1.29, 1.82) is 0 Å². The predicted octanol–water partition coefficient (Wildman–Crippen LogP) is 5.82. The maximum atomic E-state index is 12.7. The summed E-state index contributed by atoms with van der Waals surface area (Å²) in [6.45, 7) is 8.26. The van der Waals surface area contributed by atoms with Gasteiger partial charge in [-0.05, 0) is 55.6 Å². The topological polar surface area (TPSA) is 58.6 Å². The lowest BCUT2D eigenvalue weighted by molar-refractivity contribution is -0.136. The number of hydrogen-bond donors (Lipinski definition) is 2. The minimum absolute atomic E-state index is 0.0881. The second-order valence-corrected chi connectivity index (χ2v) is 8.14. The third kappa shape index (κ3) is 4.85. The van der Waals surface area contributed by atoms with E-state index >= 15 is 0 Å². The van der Waals surface area contributed by atoms with Crippen LogP contribution in [-0.4, -0.2) is 23.2 Å². The first-order valence-corrected chi connectivity index (χ1v) is 10.2. The number of ether oxygens (including phenoxy) is 1. The highest BCUT2D eigenvalue weighted by Crippen LogP contribution is 2.40. The number of nitrogens with one attached hydrogen (secondary N) is 1. The summed E-state index contributed by atoms with van der Waals surface area (Å²) in [6, 6.07) is 1.54. The molecule has 0 aromatic heterocycles. The van der Waals surface area contributed by atoms with Gasteiger partial charge in [0.1, 0.15) is 6.10 Å². The van der Waals surface area contributed by atoms with Crippen molar-refractivity contribution in [3.8, 4) is 5.75 Å². The lowest BCUT2D eigenvalue weighted by Gasteiger charge is -2.34. The van der Waals surface area contributed by atoms with Gasteiger partial charge in [-0.1, -0.05) is 50.9 Å². The van der Waals surface area contributed by atoms with Gasteiger partial charge in [0.05, 0.1) is 16.8 Å². The summed E-state index contributed by atoms with van der Waals surface area (Å²) in [5, 5.41) is 13.6. The fourth-order valence-corrected chi connectivity index (χ4v) is 4.40. The minimum atomic E-state index is -0.571. The van der Waals surface area contributed by atoms with E-state index < -0.39 is 6.10 Å². The van der Waals surface area contributed by atoms with Crippen LogP contribution in [0.1, 0.15) is 58.9 Å². The van der Waals surface area contributed by atoms with Gasteiger partial charge in [-0.25, -0.2) is 0 Å². The van der Waals surface area contributed by atoms with E-state index in [2.05, 4.69) is 19.2 Å². The monoisotopic (exact) mass is 401 g/mol. The molecule has 1 fully saturated rings. The fraction of sp³-hybridized carbons (Fsp3) is 0.650. The first-order valence-electron chi connectivity index (χ1n) is 9.44. The number of amides is 1. The van der Waals surface area contributed by atoms with Gasteiger partial charge in [0, 0.05) is 5.02 Å². The SMILES string of the molecule is CCc1c(Cl)cc(NC(=O)C(CC)OC2CCC(C)CC2C)c(O)c1Cl. The first-order chi connectivity index (χ1) is 12.3. The van der Waals surface area contributed by atoms with E-state index in [9.17, 15) is 9.90 Å². The summed E-state index contributed by atoms with van der Waals surface area (Å²) >= 11 is 12.4. The summed E-state index contributed by atoms with van der Waals surface area (Å²) in [4.78, 5) is 12.7. The molecule has 26 heavy (non-hydrogen) atoms. The lowest BCUT2D eigenvalue weighted by atomic mass is 9.81. The third-order valence-electron chi connectivity index (χ3n) is 5.25. The van der Waals surface area contributed by atoms with Crippen LogP contribution in [-0.2, 0) is 16.0 Å². The summed E-state index contributed by atoms with van der Waals surface area (Å²) in [5.74, 6) is 0.694. The van der Waals surface area contributed by atoms with E-state index in [4.69, 9.17) is 27.9 Å². The third-order valence-corrected chi connectivity index (χ3v) is 6.00. The Morgan fingerprint density at radius 3 is 2.62 bits per heavy atom. The zero-order chi connectivity index (χ0) is 19.4. The second kappa shape index (κ2) is 9.29. The summed E-state index contributed by atoms with van der Waals surface area (Å²) in [7, 11) is 0. The van der Waals surface area contributed by atoms with Crippen LogP contribution in [0.4, 0.5) is 5.69 Å². The molecular weight excluding hydrogens is 373 g/mol. The molecule has 2 rings (SSSR count). The molecule has 1 amide bonds. The van der Waals surface area contributed by atoms with Crippen LogP contribution in [0, 0.1) is 11.8 Å². The quantitative estimate of drug-likeness (QED) is 0.590. The molecule has 6 heteroatoms. The summed E-state index contributed by atoms with van der Waals surface area (Å²) in [6.07, 6.45) is 3.88. The van der Waals surface area contributed by atoms with Gasteiger partial charge >= 0.3 is 0 Å². The van der Waals surface area contributed by atoms with E-state index in [1.807, 2.05) is 13.8 Å². The average molecular weight is 402 g/mol. The molecule has 0 saturated heterocycles.